The van der Waals surface area contributed by atoms with Crippen molar-refractivity contribution in [2.24, 2.45) is 0 Å². The van der Waals surface area contributed by atoms with Crippen molar-refractivity contribution in [1.29, 1.82) is 0 Å². The van der Waals surface area contributed by atoms with Crippen LogP contribution in [0.1, 0.15) is 26.3 Å². The summed E-state index contributed by atoms with van der Waals surface area (Å²) < 4.78 is 16.7. The Balaban J connectivity index is 2.61. The number of methoxy groups -OCH3 is 1. The van der Waals surface area contributed by atoms with Gasteiger partial charge in [0, 0.05) is 30.3 Å². The lowest BCUT2D eigenvalue weighted by Gasteiger charge is -2.19. The summed E-state index contributed by atoms with van der Waals surface area (Å²) in [4.78, 5) is 34.7. The number of fused-ring (bicyclic) bond motifs is 1. The molecule has 0 spiro atoms. The molecule has 2 aromatic rings. The van der Waals surface area contributed by atoms with Gasteiger partial charge in [-0.3, -0.25) is 9.36 Å². The SMILES string of the molecule is COCOc1ccc2c(c1)c(C(O)=CC(=O)C(=O)O)cn2C(=O)OC(C)(C)C. The van der Waals surface area contributed by atoms with Crippen LogP contribution in [-0.2, 0) is 19.1 Å². The standard InChI is InChI=1S/C19H21NO8/c1-19(2,3)28-18(25)20-9-13(15(21)8-16(22)17(23)24)12-7-11(27-10-26-4)5-6-14(12)20/h5-9,21H,10H2,1-4H3,(H,23,24). The van der Waals surface area contributed by atoms with E-state index in [1.165, 1.54) is 19.4 Å². The van der Waals surface area contributed by atoms with Gasteiger partial charge in [0.1, 0.15) is 17.1 Å². The number of nitrogens with zero attached hydrogens (tertiary/aromatic N) is 1. The topological polar surface area (TPSA) is 124 Å². The predicted octanol–water partition coefficient (Wildman–Crippen LogP) is 2.96. The number of hydrogen-bond acceptors (Lipinski definition) is 7. The minimum absolute atomic E-state index is 0.0209. The van der Waals surface area contributed by atoms with Gasteiger partial charge >= 0.3 is 12.1 Å². The monoisotopic (exact) mass is 391 g/mol. The summed E-state index contributed by atoms with van der Waals surface area (Å²) in [5.41, 5.74) is -0.318. The van der Waals surface area contributed by atoms with Crippen LogP contribution >= 0.6 is 0 Å². The molecule has 0 fully saturated rings. The molecule has 0 saturated heterocycles. The summed E-state index contributed by atoms with van der Waals surface area (Å²) in [6.07, 6.45) is 1.13. The molecule has 0 atom stereocenters. The highest BCUT2D eigenvalue weighted by Crippen LogP contribution is 2.30. The smallest absolute Gasteiger partial charge is 0.419 e. The van der Waals surface area contributed by atoms with Crippen molar-refractivity contribution in [3.8, 4) is 5.75 Å². The molecular formula is C19H21NO8. The summed E-state index contributed by atoms with van der Waals surface area (Å²) in [5.74, 6) is -3.24. The summed E-state index contributed by atoms with van der Waals surface area (Å²) in [7, 11) is 1.45. The maximum absolute atomic E-state index is 12.5. The summed E-state index contributed by atoms with van der Waals surface area (Å²) in [6, 6.07) is 4.69. The van der Waals surface area contributed by atoms with Crippen molar-refractivity contribution in [2.75, 3.05) is 13.9 Å². The second kappa shape index (κ2) is 8.13. The molecule has 0 radical (unpaired) electrons. The van der Waals surface area contributed by atoms with Crippen molar-refractivity contribution in [2.45, 2.75) is 26.4 Å². The molecule has 9 heteroatoms. The number of carbonyl (C=O) groups is 3. The predicted molar refractivity (Wildman–Crippen MR) is 99.3 cm³/mol. The van der Waals surface area contributed by atoms with Gasteiger partial charge in [-0.1, -0.05) is 0 Å². The average molecular weight is 391 g/mol. The molecular weight excluding hydrogens is 370 g/mol. The van der Waals surface area contributed by atoms with E-state index in [0.29, 0.717) is 22.7 Å². The number of aliphatic carboxylic acids is 1. The number of ketones is 1. The lowest BCUT2D eigenvalue weighted by Crippen LogP contribution is -2.26. The average Bonchev–Trinajstić information content (AvgIpc) is 2.97. The van der Waals surface area contributed by atoms with Crippen LogP contribution in [0.5, 0.6) is 5.75 Å². The highest BCUT2D eigenvalue weighted by Gasteiger charge is 2.23. The number of benzene rings is 1. The number of carboxylic acids is 1. The Morgan fingerprint density at radius 2 is 1.86 bits per heavy atom. The first-order valence-corrected chi connectivity index (χ1v) is 8.22. The molecule has 0 aliphatic carbocycles. The van der Waals surface area contributed by atoms with E-state index in [1.54, 1.807) is 32.9 Å². The van der Waals surface area contributed by atoms with Crippen LogP contribution in [-0.4, -0.2) is 52.1 Å². The normalized spacial score (nSPS) is 12.1. The molecule has 2 rings (SSSR count). The number of aliphatic hydroxyl groups excluding tert-OH is 1. The molecule has 2 N–H and O–H groups in total. The van der Waals surface area contributed by atoms with Crippen molar-refractivity contribution < 1.29 is 38.8 Å². The Morgan fingerprint density at radius 3 is 2.43 bits per heavy atom. The molecule has 1 heterocycles. The van der Waals surface area contributed by atoms with E-state index in [1.807, 2.05) is 0 Å². The Labute approximate surface area is 160 Å². The maximum atomic E-state index is 12.5. The van der Waals surface area contributed by atoms with Gasteiger partial charge in [0.05, 0.1) is 5.52 Å². The molecule has 1 aromatic carbocycles. The molecule has 0 aliphatic rings. The zero-order chi connectivity index (χ0) is 21.1. The van der Waals surface area contributed by atoms with Gasteiger partial charge in [-0.15, -0.1) is 0 Å². The van der Waals surface area contributed by atoms with Crippen LogP contribution in [0.4, 0.5) is 4.79 Å². The number of aromatic nitrogens is 1. The van der Waals surface area contributed by atoms with E-state index in [9.17, 15) is 19.5 Å². The second-order valence-electron chi connectivity index (χ2n) is 6.82. The highest BCUT2D eigenvalue weighted by molar-refractivity contribution is 6.38. The first kappa shape index (κ1) is 21.0. The maximum Gasteiger partial charge on any atom is 0.419 e. The lowest BCUT2D eigenvalue weighted by atomic mass is 10.1. The summed E-state index contributed by atoms with van der Waals surface area (Å²) >= 11 is 0. The Morgan fingerprint density at radius 1 is 1.18 bits per heavy atom. The number of rotatable bonds is 6. The molecule has 9 nitrogen and oxygen atoms in total. The summed E-state index contributed by atoms with van der Waals surface area (Å²) in [5, 5.41) is 19.4. The van der Waals surface area contributed by atoms with Crippen LogP contribution < -0.4 is 4.74 Å². The molecule has 150 valence electrons. The number of hydrogen-bond donors (Lipinski definition) is 2. The van der Waals surface area contributed by atoms with Crippen LogP contribution in [0.25, 0.3) is 16.7 Å². The van der Waals surface area contributed by atoms with E-state index in [4.69, 9.17) is 19.3 Å². The minimum Gasteiger partial charge on any atom is -0.507 e. The number of carbonyl (C=O) groups excluding carboxylic acids is 2. The van der Waals surface area contributed by atoms with Gasteiger partial charge in [-0.25, -0.2) is 9.59 Å². The van der Waals surface area contributed by atoms with Gasteiger partial charge in [0.15, 0.2) is 6.79 Å². The van der Waals surface area contributed by atoms with E-state index < -0.39 is 29.2 Å². The lowest BCUT2D eigenvalue weighted by molar-refractivity contribution is -0.146. The fourth-order valence-corrected chi connectivity index (χ4v) is 2.36. The summed E-state index contributed by atoms with van der Waals surface area (Å²) in [6.45, 7) is 5.10. The van der Waals surface area contributed by atoms with E-state index >= 15 is 0 Å². The quantitative estimate of drug-likeness (QED) is 0.333. The van der Waals surface area contributed by atoms with Crippen LogP contribution in [0.15, 0.2) is 30.5 Å². The van der Waals surface area contributed by atoms with Crippen LogP contribution in [0, 0.1) is 0 Å². The molecule has 0 saturated carbocycles. The number of ether oxygens (including phenoxy) is 3. The molecule has 0 bridgehead atoms. The third-order valence-electron chi connectivity index (χ3n) is 3.46. The molecule has 28 heavy (non-hydrogen) atoms. The first-order valence-electron chi connectivity index (χ1n) is 8.22. The largest absolute Gasteiger partial charge is 0.507 e. The second-order valence-corrected chi connectivity index (χ2v) is 6.82. The van der Waals surface area contributed by atoms with Crippen LogP contribution in [0.3, 0.4) is 0 Å². The fraction of sp³-hybridized carbons (Fsp3) is 0.316. The van der Waals surface area contributed by atoms with Gasteiger partial charge in [-0.05, 0) is 39.0 Å². The number of aliphatic hydroxyl groups is 1. The zero-order valence-corrected chi connectivity index (χ0v) is 15.9. The van der Waals surface area contributed by atoms with Gasteiger partial charge in [-0.2, -0.15) is 0 Å². The van der Waals surface area contributed by atoms with Crippen molar-refractivity contribution in [3.05, 3.63) is 36.0 Å². The molecule has 1 aromatic heterocycles. The van der Waals surface area contributed by atoms with Crippen molar-refractivity contribution in [3.63, 3.8) is 0 Å². The van der Waals surface area contributed by atoms with E-state index in [2.05, 4.69) is 0 Å². The molecule has 0 amide bonds. The van der Waals surface area contributed by atoms with Gasteiger partial charge in [0.2, 0.25) is 0 Å². The zero-order valence-electron chi connectivity index (χ0n) is 15.9. The van der Waals surface area contributed by atoms with E-state index in [-0.39, 0.29) is 12.4 Å². The highest BCUT2D eigenvalue weighted by atomic mass is 16.7. The van der Waals surface area contributed by atoms with E-state index in [0.717, 1.165) is 4.57 Å². The third-order valence-corrected chi connectivity index (χ3v) is 3.46. The van der Waals surface area contributed by atoms with Crippen LogP contribution in [0.2, 0.25) is 0 Å². The Bertz CT molecular complexity index is 949. The minimum atomic E-state index is -1.72. The Hall–Kier alpha value is -3.33. The van der Waals surface area contributed by atoms with Gasteiger partial charge in [0.25, 0.3) is 5.78 Å². The van der Waals surface area contributed by atoms with Crippen molar-refractivity contribution in [1.82, 2.24) is 4.57 Å². The third kappa shape index (κ3) is 4.89. The molecule has 0 aliphatic heterocycles. The Kier molecular flexibility index (Phi) is 6.09. The fourth-order valence-electron chi connectivity index (χ4n) is 2.36. The van der Waals surface area contributed by atoms with Gasteiger partial charge < -0.3 is 24.4 Å². The molecule has 0 unspecified atom stereocenters. The first-order chi connectivity index (χ1) is 13.0. The van der Waals surface area contributed by atoms with Crippen molar-refractivity contribution >= 4 is 34.5 Å². The number of carboxylic acid groups (broad SMARTS) is 1.